The first-order valence-corrected chi connectivity index (χ1v) is 6.95. The van der Waals surface area contributed by atoms with Crippen LogP contribution < -0.4 is 10.5 Å². The lowest BCUT2D eigenvalue weighted by Crippen LogP contribution is -1.94. The van der Waals surface area contributed by atoms with Crippen LogP contribution in [0.15, 0.2) is 42.6 Å². The Morgan fingerprint density at radius 2 is 1.76 bits per heavy atom. The monoisotopic (exact) mass is 278 g/mol. The van der Waals surface area contributed by atoms with Gasteiger partial charge in [0.05, 0.1) is 0 Å². The Morgan fingerprint density at radius 1 is 0.952 bits per heavy atom. The molecule has 0 spiro atoms. The zero-order valence-electron chi connectivity index (χ0n) is 12.5. The van der Waals surface area contributed by atoms with Crippen LogP contribution >= 0.6 is 0 Å². The van der Waals surface area contributed by atoms with Crippen molar-refractivity contribution in [3.63, 3.8) is 0 Å². The number of aromatic nitrogens is 1. The lowest BCUT2D eigenvalue weighted by atomic mass is 10.1. The molecule has 0 aliphatic heterocycles. The van der Waals surface area contributed by atoms with Crippen molar-refractivity contribution in [1.82, 2.24) is 4.98 Å². The average molecular weight is 278 g/mol. The Kier molecular flexibility index (Phi) is 3.26. The van der Waals surface area contributed by atoms with Crippen molar-refractivity contribution in [3.05, 3.63) is 59.4 Å². The molecule has 3 aromatic rings. The number of fused-ring (bicyclic) bond motifs is 1. The fourth-order valence-electron chi connectivity index (χ4n) is 2.38. The lowest BCUT2D eigenvalue weighted by Gasteiger charge is -2.13. The highest BCUT2D eigenvalue weighted by atomic mass is 16.5. The fraction of sp³-hybridized carbons (Fsp3) is 0.167. The van der Waals surface area contributed by atoms with E-state index in [1.165, 1.54) is 5.56 Å². The van der Waals surface area contributed by atoms with Crippen LogP contribution in [-0.2, 0) is 0 Å². The second-order valence-electron chi connectivity index (χ2n) is 5.32. The zero-order valence-corrected chi connectivity index (χ0v) is 12.5. The highest BCUT2D eigenvalue weighted by Crippen LogP contribution is 2.34. The Labute approximate surface area is 124 Å². The summed E-state index contributed by atoms with van der Waals surface area (Å²) in [5.41, 5.74) is 10.0. The molecular formula is C18H18N2O. The lowest BCUT2D eigenvalue weighted by molar-refractivity contribution is 0.484. The third-order valence-electron chi connectivity index (χ3n) is 3.81. The van der Waals surface area contributed by atoms with Crippen LogP contribution in [0.5, 0.6) is 11.5 Å². The van der Waals surface area contributed by atoms with Gasteiger partial charge in [-0.2, -0.15) is 0 Å². The van der Waals surface area contributed by atoms with E-state index in [0.717, 1.165) is 33.5 Å². The quantitative estimate of drug-likeness (QED) is 0.700. The minimum absolute atomic E-state index is 0.714. The number of benzene rings is 2. The smallest absolute Gasteiger partial charge is 0.135 e. The topological polar surface area (TPSA) is 48.1 Å². The predicted octanol–water partition coefficient (Wildman–Crippen LogP) is 4.53. The molecule has 0 fully saturated rings. The number of hydrogen-bond donors (Lipinski definition) is 1. The third-order valence-corrected chi connectivity index (χ3v) is 3.81. The summed E-state index contributed by atoms with van der Waals surface area (Å²) in [4.78, 5) is 4.31. The summed E-state index contributed by atoms with van der Waals surface area (Å²) in [6.45, 7) is 6.11. The van der Waals surface area contributed by atoms with E-state index in [-0.39, 0.29) is 0 Å². The van der Waals surface area contributed by atoms with Gasteiger partial charge >= 0.3 is 0 Å². The first-order valence-electron chi connectivity index (χ1n) is 6.95. The summed E-state index contributed by atoms with van der Waals surface area (Å²) in [6.07, 6.45) is 1.80. The van der Waals surface area contributed by atoms with E-state index < -0.39 is 0 Å². The molecule has 3 rings (SSSR count). The Balaban J connectivity index is 2.15. The van der Waals surface area contributed by atoms with Gasteiger partial charge in [0, 0.05) is 28.4 Å². The SMILES string of the molecule is Cc1cc2c(Oc3cccc(C)c3C)ccc(N)c2cn1. The largest absolute Gasteiger partial charge is 0.456 e. The van der Waals surface area contributed by atoms with Crippen LogP contribution in [0, 0.1) is 20.8 Å². The minimum Gasteiger partial charge on any atom is -0.456 e. The molecule has 0 aliphatic carbocycles. The molecule has 0 radical (unpaired) electrons. The number of aryl methyl sites for hydroxylation is 2. The molecule has 0 atom stereocenters. The minimum atomic E-state index is 0.714. The van der Waals surface area contributed by atoms with E-state index in [1.807, 2.05) is 37.3 Å². The van der Waals surface area contributed by atoms with Gasteiger partial charge in [-0.05, 0) is 56.2 Å². The van der Waals surface area contributed by atoms with Crippen LogP contribution in [0.2, 0.25) is 0 Å². The number of nitrogens with zero attached hydrogens (tertiary/aromatic N) is 1. The number of ether oxygens (including phenoxy) is 1. The molecule has 0 bridgehead atoms. The summed E-state index contributed by atoms with van der Waals surface area (Å²) >= 11 is 0. The standard InChI is InChI=1S/C18H18N2O/c1-11-5-4-6-17(13(11)3)21-18-8-7-16(19)15-10-20-12(2)9-14(15)18/h4-10H,19H2,1-3H3. The number of pyridine rings is 1. The van der Waals surface area contributed by atoms with Gasteiger partial charge in [0.1, 0.15) is 11.5 Å². The van der Waals surface area contributed by atoms with Crippen molar-refractivity contribution in [2.75, 3.05) is 5.73 Å². The maximum Gasteiger partial charge on any atom is 0.135 e. The van der Waals surface area contributed by atoms with Gasteiger partial charge in [0.15, 0.2) is 0 Å². The molecule has 1 heterocycles. The highest BCUT2D eigenvalue weighted by Gasteiger charge is 2.09. The molecule has 0 aliphatic rings. The van der Waals surface area contributed by atoms with Gasteiger partial charge in [0.25, 0.3) is 0 Å². The van der Waals surface area contributed by atoms with Gasteiger partial charge in [-0.15, -0.1) is 0 Å². The number of nitrogen functional groups attached to an aromatic ring is 1. The highest BCUT2D eigenvalue weighted by molar-refractivity contribution is 5.96. The van der Waals surface area contributed by atoms with E-state index in [0.29, 0.717) is 5.69 Å². The van der Waals surface area contributed by atoms with Crippen molar-refractivity contribution < 1.29 is 4.74 Å². The molecule has 0 saturated heterocycles. The van der Waals surface area contributed by atoms with Crippen LogP contribution in [0.25, 0.3) is 10.8 Å². The summed E-state index contributed by atoms with van der Waals surface area (Å²) in [7, 11) is 0. The van der Waals surface area contributed by atoms with Gasteiger partial charge < -0.3 is 10.5 Å². The first-order chi connectivity index (χ1) is 10.1. The number of nitrogens with two attached hydrogens (primary N) is 1. The molecule has 0 unspecified atom stereocenters. The Hall–Kier alpha value is -2.55. The van der Waals surface area contributed by atoms with E-state index in [1.54, 1.807) is 6.20 Å². The fourth-order valence-corrected chi connectivity index (χ4v) is 2.38. The maximum atomic E-state index is 6.13. The molecule has 2 N–H and O–H groups in total. The molecule has 0 saturated carbocycles. The van der Waals surface area contributed by atoms with Gasteiger partial charge in [-0.25, -0.2) is 0 Å². The van der Waals surface area contributed by atoms with Crippen molar-refractivity contribution >= 4 is 16.5 Å². The van der Waals surface area contributed by atoms with Gasteiger partial charge in [-0.1, -0.05) is 12.1 Å². The molecule has 3 nitrogen and oxygen atoms in total. The van der Waals surface area contributed by atoms with Crippen LogP contribution in [0.4, 0.5) is 5.69 Å². The molecule has 1 aromatic heterocycles. The Morgan fingerprint density at radius 3 is 2.57 bits per heavy atom. The first kappa shape index (κ1) is 13.4. The van der Waals surface area contributed by atoms with Crippen molar-refractivity contribution in [2.45, 2.75) is 20.8 Å². The van der Waals surface area contributed by atoms with Crippen molar-refractivity contribution in [3.8, 4) is 11.5 Å². The van der Waals surface area contributed by atoms with E-state index in [2.05, 4.69) is 24.9 Å². The van der Waals surface area contributed by atoms with Crippen LogP contribution in [-0.4, -0.2) is 4.98 Å². The van der Waals surface area contributed by atoms with Crippen LogP contribution in [0.3, 0.4) is 0 Å². The van der Waals surface area contributed by atoms with E-state index in [9.17, 15) is 0 Å². The molecule has 106 valence electrons. The molecule has 0 amide bonds. The third kappa shape index (κ3) is 2.42. The zero-order chi connectivity index (χ0) is 15.0. The van der Waals surface area contributed by atoms with Crippen molar-refractivity contribution in [1.29, 1.82) is 0 Å². The molecule has 3 heteroatoms. The summed E-state index contributed by atoms with van der Waals surface area (Å²) < 4.78 is 6.13. The molecular weight excluding hydrogens is 260 g/mol. The van der Waals surface area contributed by atoms with Crippen molar-refractivity contribution in [2.24, 2.45) is 0 Å². The van der Waals surface area contributed by atoms with Gasteiger partial charge in [-0.3, -0.25) is 4.98 Å². The number of anilines is 1. The molecule has 2 aromatic carbocycles. The normalized spacial score (nSPS) is 10.8. The summed E-state index contributed by atoms with van der Waals surface area (Å²) in [5, 5.41) is 1.91. The number of hydrogen-bond acceptors (Lipinski definition) is 3. The summed E-state index contributed by atoms with van der Waals surface area (Å²) in [5.74, 6) is 1.67. The maximum absolute atomic E-state index is 6.13. The van der Waals surface area contributed by atoms with Gasteiger partial charge in [0.2, 0.25) is 0 Å². The van der Waals surface area contributed by atoms with E-state index in [4.69, 9.17) is 10.5 Å². The van der Waals surface area contributed by atoms with Crippen LogP contribution in [0.1, 0.15) is 16.8 Å². The summed E-state index contributed by atoms with van der Waals surface area (Å²) in [6, 6.07) is 11.9. The molecule has 21 heavy (non-hydrogen) atoms. The second kappa shape index (κ2) is 5.09. The Bertz CT molecular complexity index is 825. The van der Waals surface area contributed by atoms with E-state index >= 15 is 0 Å². The predicted molar refractivity (Wildman–Crippen MR) is 86.9 cm³/mol. The average Bonchev–Trinajstić information content (AvgIpc) is 2.46. The second-order valence-corrected chi connectivity index (χ2v) is 5.32. The number of rotatable bonds is 2.